The molecule has 2 atom stereocenters. The van der Waals surface area contributed by atoms with Crippen LogP contribution in [0.5, 0.6) is 17.2 Å². The number of likely N-dealkylation sites (tertiary alicyclic amines) is 1. The van der Waals surface area contributed by atoms with Crippen LogP contribution in [0.1, 0.15) is 35.7 Å². The maximum Gasteiger partial charge on any atom is 0.307 e. The molecule has 0 bridgehead atoms. The zero-order valence-corrected chi connectivity index (χ0v) is 17.3. The first-order valence-electron chi connectivity index (χ1n) is 9.67. The smallest absolute Gasteiger partial charge is 0.307 e. The molecule has 1 aromatic carbocycles. The molecule has 29 heavy (non-hydrogen) atoms. The van der Waals surface area contributed by atoms with E-state index in [2.05, 4.69) is 9.88 Å². The first kappa shape index (κ1) is 20.9. The van der Waals surface area contributed by atoms with Gasteiger partial charge in [-0.05, 0) is 55.6 Å². The van der Waals surface area contributed by atoms with Crippen molar-refractivity contribution < 1.29 is 24.1 Å². The average molecular weight is 400 g/mol. The standard InChI is InChI=1S/C22H28N2O5/c1-14-7-8-17(23-12-14)20(24-9-5-6-15(13-24)22(25)26)16-10-18(27-2)21(29-4)19(11-16)28-3/h7-8,10-12,15,20H,5-6,9,13H2,1-4H3,(H,25,26). The predicted molar refractivity (Wildman–Crippen MR) is 109 cm³/mol. The van der Waals surface area contributed by atoms with Gasteiger partial charge in [-0.15, -0.1) is 0 Å². The SMILES string of the molecule is COc1cc(C(c2ccc(C)cn2)N2CCCC(C(=O)O)C2)cc(OC)c1OC. The number of rotatable bonds is 7. The summed E-state index contributed by atoms with van der Waals surface area (Å²) in [6, 6.07) is 7.63. The van der Waals surface area contributed by atoms with Crippen molar-refractivity contribution in [1.82, 2.24) is 9.88 Å². The van der Waals surface area contributed by atoms with Crippen LogP contribution < -0.4 is 14.2 Å². The van der Waals surface area contributed by atoms with Crippen molar-refractivity contribution in [2.75, 3.05) is 34.4 Å². The summed E-state index contributed by atoms with van der Waals surface area (Å²) >= 11 is 0. The molecule has 1 aliphatic heterocycles. The van der Waals surface area contributed by atoms with Gasteiger partial charge in [-0.3, -0.25) is 14.7 Å². The molecular formula is C22H28N2O5. The Morgan fingerprint density at radius 1 is 1.17 bits per heavy atom. The first-order valence-corrected chi connectivity index (χ1v) is 9.67. The largest absolute Gasteiger partial charge is 0.493 e. The van der Waals surface area contributed by atoms with E-state index in [4.69, 9.17) is 14.2 Å². The Labute approximate surface area is 171 Å². The van der Waals surface area contributed by atoms with Crippen LogP contribution in [0.15, 0.2) is 30.5 Å². The summed E-state index contributed by atoms with van der Waals surface area (Å²) in [6.45, 7) is 3.25. The lowest BCUT2D eigenvalue weighted by molar-refractivity contribution is -0.143. The number of hydrogen-bond acceptors (Lipinski definition) is 6. The Morgan fingerprint density at radius 3 is 2.38 bits per heavy atom. The summed E-state index contributed by atoms with van der Waals surface area (Å²) in [7, 11) is 4.74. The van der Waals surface area contributed by atoms with E-state index >= 15 is 0 Å². The molecule has 0 saturated carbocycles. The van der Waals surface area contributed by atoms with Gasteiger partial charge in [-0.1, -0.05) is 6.07 Å². The minimum atomic E-state index is -0.754. The van der Waals surface area contributed by atoms with Gasteiger partial charge in [-0.25, -0.2) is 0 Å². The summed E-state index contributed by atoms with van der Waals surface area (Å²) in [4.78, 5) is 18.5. The number of pyridine rings is 1. The molecule has 0 amide bonds. The normalized spacial score (nSPS) is 18.1. The average Bonchev–Trinajstić information content (AvgIpc) is 2.74. The number of benzene rings is 1. The van der Waals surface area contributed by atoms with E-state index in [1.54, 1.807) is 21.3 Å². The molecule has 156 valence electrons. The lowest BCUT2D eigenvalue weighted by Gasteiger charge is -2.37. The van der Waals surface area contributed by atoms with E-state index < -0.39 is 11.9 Å². The summed E-state index contributed by atoms with van der Waals surface area (Å²) in [5.74, 6) is 0.502. The second-order valence-electron chi connectivity index (χ2n) is 7.29. The van der Waals surface area contributed by atoms with Crippen LogP contribution >= 0.6 is 0 Å². The molecule has 7 nitrogen and oxygen atoms in total. The van der Waals surface area contributed by atoms with Gasteiger partial charge in [0.2, 0.25) is 5.75 Å². The lowest BCUT2D eigenvalue weighted by atomic mass is 9.93. The van der Waals surface area contributed by atoms with E-state index in [0.29, 0.717) is 30.2 Å². The van der Waals surface area contributed by atoms with Crippen LogP contribution in [0.2, 0.25) is 0 Å². The quantitative estimate of drug-likeness (QED) is 0.764. The molecule has 2 aromatic rings. The molecule has 1 N–H and O–H groups in total. The van der Waals surface area contributed by atoms with Gasteiger partial charge in [0.05, 0.1) is 39.0 Å². The van der Waals surface area contributed by atoms with Crippen molar-refractivity contribution in [2.45, 2.75) is 25.8 Å². The Kier molecular flexibility index (Phi) is 6.59. The van der Waals surface area contributed by atoms with Crippen LogP contribution in [0, 0.1) is 12.8 Å². The van der Waals surface area contributed by atoms with Crippen molar-refractivity contribution in [3.05, 3.63) is 47.3 Å². The van der Waals surface area contributed by atoms with Gasteiger partial charge < -0.3 is 19.3 Å². The number of aliphatic carboxylic acids is 1. The highest BCUT2D eigenvalue weighted by atomic mass is 16.5. The summed E-state index contributed by atoms with van der Waals surface area (Å²) in [6.07, 6.45) is 3.35. The fraction of sp³-hybridized carbons (Fsp3) is 0.455. The monoisotopic (exact) mass is 400 g/mol. The minimum absolute atomic E-state index is 0.216. The molecule has 1 aromatic heterocycles. The molecule has 1 aliphatic rings. The summed E-state index contributed by atoms with van der Waals surface area (Å²) in [5.41, 5.74) is 2.84. The number of carbonyl (C=O) groups is 1. The van der Waals surface area contributed by atoms with E-state index in [-0.39, 0.29) is 6.04 Å². The molecule has 1 saturated heterocycles. The third-order valence-corrected chi connectivity index (χ3v) is 5.38. The maximum absolute atomic E-state index is 11.6. The first-order chi connectivity index (χ1) is 14.0. The lowest BCUT2D eigenvalue weighted by Crippen LogP contribution is -2.41. The molecule has 2 unspecified atom stereocenters. The Bertz CT molecular complexity index is 828. The predicted octanol–water partition coefficient (Wildman–Crippen LogP) is 3.30. The minimum Gasteiger partial charge on any atom is -0.493 e. The summed E-state index contributed by atoms with van der Waals surface area (Å²) in [5, 5.41) is 9.55. The van der Waals surface area contributed by atoms with Crippen LogP contribution in [-0.4, -0.2) is 55.4 Å². The zero-order chi connectivity index (χ0) is 21.0. The number of piperidine rings is 1. The Hall–Kier alpha value is -2.80. The van der Waals surface area contributed by atoms with E-state index in [1.165, 1.54) is 0 Å². The third kappa shape index (κ3) is 4.45. The fourth-order valence-corrected chi connectivity index (χ4v) is 3.91. The maximum atomic E-state index is 11.6. The molecule has 2 heterocycles. The molecule has 3 rings (SSSR count). The molecular weight excluding hydrogens is 372 g/mol. The van der Waals surface area contributed by atoms with Crippen molar-refractivity contribution in [2.24, 2.45) is 5.92 Å². The Balaban J connectivity index is 2.10. The van der Waals surface area contributed by atoms with Crippen molar-refractivity contribution in [1.29, 1.82) is 0 Å². The van der Waals surface area contributed by atoms with Gasteiger partial charge in [0.25, 0.3) is 0 Å². The zero-order valence-electron chi connectivity index (χ0n) is 17.3. The van der Waals surface area contributed by atoms with E-state index in [0.717, 1.165) is 29.8 Å². The van der Waals surface area contributed by atoms with Gasteiger partial charge in [0.1, 0.15) is 0 Å². The van der Waals surface area contributed by atoms with Gasteiger partial charge >= 0.3 is 5.97 Å². The second-order valence-corrected chi connectivity index (χ2v) is 7.29. The number of carboxylic acids is 1. The van der Waals surface area contributed by atoms with Crippen molar-refractivity contribution >= 4 is 5.97 Å². The fourth-order valence-electron chi connectivity index (χ4n) is 3.91. The van der Waals surface area contributed by atoms with Crippen LogP contribution in [0.25, 0.3) is 0 Å². The molecule has 0 radical (unpaired) electrons. The molecule has 1 fully saturated rings. The number of nitrogens with zero attached hydrogens (tertiary/aromatic N) is 2. The number of aryl methyl sites for hydroxylation is 1. The van der Waals surface area contributed by atoms with Gasteiger partial charge in [-0.2, -0.15) is 0 Å². The van der Waals surface area contributed by atoms with E-state index in [1.807, 2.05) is 37.4 Å². The third-order valence-electron chi connectivity index (χ3n) is 5.38. The highest BCUT2D eigenvalue weighted by Gasteiger charge is 2.33. The number of aromatic nitrogens is 1. The van der Waals surface area contributed by atoms with Crippen LogP contribution in [0.4, 0.5) is 0 Å². The Morgan fingerprint density at radius 2 is 1.86 bits per heavy atom. The molecule has 7 heteroatoms. The summed E-state index contributed by atoms with van der Waals surface area (Å²) < 4.78 is 16.5. The molecule has 0 spiro atoms. The number of hydrogen-bond donors (Lipinski definition) is 1. The van der Waals surface area contributed by atoms with Gasteiger partial charge in [0, 0.05) is 12.7 Å². The van der Waals surface area contributed by atoms with Crippen molar-refractivity contribution in [3.63, 3.8) is 0 Å². The highest BCUT2D eigenvalue weighted by molar-refractivity contribution is 5.70. The van der Waals surface area contributed by atoms with Crippen LogP contribution in [0.3, 0.4) is 0 Å². The number of methoxy groups -OCH3 is 3. The number of ether oxygens (including phenoxy) is 3. The second kappa shape index (κ2) is 9.13. The number of carboxylic acid groups (broad SMARTS) is 1. The van der Waals surface area contributed by atoms with Crippen molar-refractivity contribution in [3.8, 4) is 17.2 Å². The van der Waals surface area contributed by atoms with Gasteiger partial charge in [0.15, 0.2) is 11.5 Å². The topological polar surface area (TPSA) is 81.1 Å². The molecule has 0 aliphatic carbocycles. The van der Waals surface area contributed by atoms with E-state index in [9.17, 15) is 9.90 Å². The highest BCUT2D eigenvalue weighted by Crippen LogP contribution is 2.42. The van der Waals surface area contributed by atoms with Crippen LogP contribution in [-0.2, 0) is 4.79 Å².